The zero-order chi connectivity index (χ0) is 13.0. The van der Waals surface area contributed by atoms with Crippen LogP contribution in [-0.4, -0.2) is 17.1 Å². The molecule has 17 heavy (non-hydrogen) atoms. The van der Waals surface area contributed by atoms with E-state index in [0.29, 0.717) is 16.3 Å². The molecule has 0 unspecified atom stereocenters. The monoisotopic (exact) mass is 271 g/mol. The van der Waals surface area contributed by atoms with Crippen molar-refractivity contribution in [2.24, 2.45) is 5.73 Å². The first-order valence-electron chi connectivity index (χ1n) is 5.07. The molecule has 0 aliphatic carbocycles. The van der Waals surface area contributed by atoms with Crippen molar-refractivity contribution >= 4 is 40.5 Å². The van der Waals surface area contributed by atoms with E-state index in [1.807, 2.05) is 13.8 Å². The third kappa shape index (κ3) is 4.20. The summed E-state index contributed by atoms with van der Waals surface area (Å²) in [5, 5.41) is 6.02. The molecule has 0 bridgehead atoms. The summed E-state index contributed by atoms with van der Waals surface area (Å²) in [6, 6.07) is 4.99. The molecule has 0 aromatic heterocycles. The molecule has 0 saturated carbocycles. The third-order valence-corrected chi connectivity index (χ3v) is 2.32. The molecular formula is C11H14ClN3OS. The molecule has 0 heterocycles. The fourth-order valence-corrected chi connectivity index (χ4v) is 1.64. The molecule has 0 atom stereocenters. The normalized spacial score (nSPS) is 10.1. The molecule has 1 aromatic rings. The van der Waals surface area contributed by atoms with Gasteiger partial charge < -0.3 is 16.4 Å². The number of rotatable bonds is 3. The van der Waals surface area contributed by atoms with Crippen LogP contribution in [0.15, 0.2) is 18.2 Å². The third-order valence-electron chi connectivity index (χ3n) is 1.90. The van der Waals surface area contributed by atoms with Gasteiger partial charge in [-0.1, -0.05) is 11.6 Å². The van der Waals surface area contributed by atoms with E-state index in [9.17, 15) is 4.79 Å². The number of thiocarbonyl (C=S) groups is 1. The number of amides is 1. The molecule has 0 fully saturated rings. The summed E-state index contributed by atoms with van der Waals surface area (Å²) in [5.74, 6) is -0.202. The van der Waals surface area contributed by atoms with Crippen molar-refractivity contribution in [2.45, 2.75) is 19.9 Å². The van der Waals surface area contributed by atoms with Crippen molar-refractivity contribution in [3.8, 4) is 0 Å². The van der Waals surface area contributed by atoms with Gasteiger partial charge in [-0.05, 0) is 44.3 Å². The van der Waals surface area contributed by atoms with Gasteiger partial charge in [-0.15, -0.1) is 0 Å². The predicted molar refractivity (Wildman–Crippen MR) is 74.5 cm³/mol. The fourth-order valence-electron chi connectivity index (χ4n) is 1.26. The minimum absolute atomic E-state index is 0.0630. The fraction of sp³-hybridized carbons (Fsp3) is 0.273. The molecule has 0 aliphatic heterocycles. The van der Waals surface area contributed by atoms with Crippen LogP contribution in [0.5, 0.6) is 0 Å². The van der Waals surface area contributed by atoms with Crippen molar-refractivity contribution < 1.29 is 4.79 Å². The SMILES string of the molecule is CC(C)NC(=O)c1ccc(NC(N)=S)cc1Cl. The number of carbonyl (C=O) groups excluding carboxylic acids is 1. The summed E-state index contributed by atoms with van der Waals surface area (Å²) in [4.78, 5) is 11.7. The number of carbonyl (C=O) groups is 1. The quantitative estimate of drug-likeness (QED) is 0.737. The summed E-state index contributed by atoms with van der Waals surface area (Å²) >= 11 is 10.7. The van der Waals surface area contributed by atoms with Gasteiger partial charge in [-0.25, -0.2) is 0 Å². The Kier molecular flexibility index (Phi) is 4.72. The Bertz CT molecular complexity index is 448. The molecule has 0 aliphatic rings. The first-order valence-corrected chi connectivity index (χ1v) is 5.85. The topological polar surface area (TPSA) is 67.2 Å². The van der Waals surface area contributed by atoms with E-state index in [1.165, 1.54) is 0 Å². The Morgan fingerprint density at radius 3 is 2.59 bits per heavy atom. The van der Waals surface area contributed by atoms with Gasteiger partial charge in [0.25, 0.3) is 5.91 Å². The number of benzene rings is 1. The van der Waals surface area contributed by atoms with Crippen LogP contribution in [0, 0.1) is 0 Å². The van der Waals surface area contributed by atoms with Crippen LogP contribution < -0.4 is 16.4 Å². The molecule has 92 valence electrons. The van der Waals surface area contributed by atoms with Gasteiger partial charge in [0.2, 0.25) is 0 Å². The van der Waals surface area contributed by atoms with E-state index >= 15 is 0 Å². The highest BCUT2D eigenvalue weighted by Crippen LogP contribution is 2.21. The number of anilines is 1. The van der Waals surface area contributed by atoms with Crippen LogP contribution in [0.25, 0.3) is 0 Å². The van der Waals surface area contributed by atoms with Crippen LogP contribution in [0.4, 0.5) is 5.69 Å². The van der Waals surface area contributed by atoms with Crippen molar-refractivity contribution in [1.29, 1.82) is 0 Å². The van der Waals surface area contributed by atoms with Gasteiger partial charge in [0, 0.05) is 11.7 Å². The lowest BCUT2D eigenvalue weighted by Gasteiger charge is -2.11. The van der Waals surface area contributed by atoms with Crippen molar-refractivity contribution in [3.63, 3.8) is 0 Å². The minimum Gasteiger partial charge on any atom is -0.376 e. The van der Waals surface area contributed by atoms with Crippen molar-refractivity contribution in [3.05, 3.63) is 28.8 Å². The Balaban J connectivity index is 2.89. The van der Waals surface area contributed by atoms with Gasteiger partial charge in [-0.3, -0.25) is 4.79 Å². The van der Waals surface area contributed by atoms with E-state index in [-0.39, 0.29) is 17.1 Å². The molecule has 1 rings (SSSR count). The van der Waals surface area contributed by atoms with Gasteiger partial charge >= 0.3 is 0 Å². The maximum atomic E-state index is 11.7. The number of hydrogen-bond acceptors (Lipinski definition) is 2. The number of nitrogens with one attached hydrogen (secondary N) is 2. The molecule has 4 N–H and O–H groups in total. The second kappa shape index (κ2) is 5.84. The van der Waals surface area contributed by atoms with Gasteiger partial charge in [0.15, 0.2) is 5.11 Å². The van der Waals surface area contributed by atoms with Gasteiger partial charge in [0.05, 0.1) is 10.6 Å². The van der Waals surface area contributed by atoms with Gasteiger partial charge in [-0.2, -0.15) is 0 Å². The second-order valence-corrected chi connectivity index (χ2v) is 4.66. The Labute approximate surface area is 111 Å². The Morgan fingerprint density at radius 2 is 2.12 bits per heavy atom. The molecule has 0 spiro atoms. The standard InChI is InChI=1S/C11H14ClN3OS/c1-6(2)14-10(16)8-4-3-7(5-9(8)12)15-11(13)17/h3-6H,1-2H3,(H,14,16)(H3,13,15,17). The first kappa shape index (κ1) is 13.7. The predicted octanol–water partition coefficient (Wildman–Crippen LogP) is 2.13. The van der Waals surface area contributed by atoms with Crippen LogP contribution >= 0.6 is 23.8 Å². The average molecular weight is 272 g/mol. The van der Waals surface area contributed by atoms with Crippen molar-refractivity contribution in [2.75, 3.05) is 5.32 Å². The summed E-state index contributed by atoms with van der Waals surface area (Å²) in [5.41, 5.74) is 6.42. The smallest absolute Gasteiger partial charge is 0.252 e. The van der Waals surface area contributed by atoms with E-state index < -0.39 is 0 Å². The molecule has 1 amide bonds. The minimum atomic E-state index is -0.202. The molecular weight excluding hydrogens is 258 g/mol. The lowest BCUT2D eigenvalue weighted by Crippen LogP contribution is -2.30. The van der Waals surface area contributed by atoms with Crippen LogP contribution in [0.3, 0.4) is 0 Å². The Hall–Kier alpha value is -1.33. The largest absolute Gasteiger partial charge is 0.376 e. The first-order chi connectivity index (χ1) is 7.90. The van der Waals surface area contributed by atoms with E-state index in [4.69, 9.17) is 29.6 Å². The zero-order valence-electron chi connectivity index (χ0n) is 9.58. The lowest BCUT2D eigenvalue weighted by atomic mass is 10.2. The summed E-state index contributed by atoms with van der Waals surface area (Å²) in [6.07, 6.45) is 0. The summed E-state index contributed by atoms with van der Waals surface area (Å²) in [7, 11) is 0. The molecule has 4 nitrogen and oxygen atoms in total. The number of halogens is 1. The maximum absolute atomic E-state index is 11.7. The highest BCUT2D eigenvalue weighted by atomic mass is 35.5. The van der Waals surface area contributed by atoms with Gasteiger partial charge in [0.1, 0.15) is 0 Å². The summed E-state index contributed by atoms with van der Waals surface area (Å²) < 4.78 is 0. The van der Waals surface area contributed by atoms with E-state index in [2.05, 4.69) is 10.6 Å². The molecule has 0 radical (unpaired) electrons. The zero-order valence-corrected chi connectivity index (χ0v) is 11.2. The van der Waals surface area contributed by atoms with Crippen LogP contribution in [-0.2, 0) is 0 Å². The molecule has 1 aromatic carbocycles. The number of hydrogen-bond donors (Lipinski definition) is 3. The Morgan fingerprint density at radius 1 is 1.47 bits per heavy atom. The molecule has 6 heteroatoms. The van der Waals surface area contributed by atoms with Crippen LogP contribution in [0.2, 0.25) is 5.02 Å². The van der Waals surface area contributed by atoms with E-state index in [1.54, 1.807) is 18.2 Å². The highest BCUT2D eigenvalue weighted by Gasteiger charge is 2.11. The molecule has 0 saturated heterocycles. The summed E-state index contributed by atoms with van der Waals surface area (Å²) in [6.45, 7) is 3.77. The maximum Gasteiger partial charge on any atom is 0.252 e. The lowest BCUT2D eigenvalue weighted by molar-refractivity contribution is 0.0943. The van der Waals surface area contributed by atoms with Crippen molar-refractivity contribution in [1.82, 2.24) is 5.32 Å². The second-order valence-electron chi connectivity index (χ2n) is 3.81. The number of nitrogens with two attached hydrogens (primary N) is 1. The average Bonchev–Trinajstić information content (AvgIpc) is 2.14. The van der Waals surface area contributed by atoms with Crippen LogP contribution in [0.1, 0.15) is 24.2 Å². The van der Waals surface area contributed by atoms with E-state index in [0.717, 1.165) is 0 Å². The highest BCUT2D eigenvalue weighted by molar-refractivity contribution is 7.80.